The number of rotatable bonds is 1. The summed E-state index contributed by atoms with van der Waals surface area (Å²) in [5.74, 6) is 0. The van der Waals surface area contributed by atoms with Crippen LogP contribution in [-0.4, -0.2) is 4.57 Å². The Morgan fingerprint density at radius 1 is 0.559 bits per heavy atom. The van der Waals surface area contributed by atoms with Gasteiger partial charge in [0.1, 0.15) is 0 Å². The van der Waals surface area contributed by atoms with Crippen LogP contribution in [0.25, 0.3) is 65.3 Å². The molecule has 1 aromatic heterocycles. The van der Waals surface area contributed by atoms with Gasteiger partial charge in [-0.15, -0.1) is 0 Å². The van der Waals surface area contributed by atoms with Crippen molar-refractivity contribution >= 4 is 54.1 Å². The zero-order chi connectivity index (χ0) is 22.4. The first kappa shape index (κ1) is 18.3. The van der Waals surface area contributed by atoms with E-state index in [9.17, 15) is 0 Å². The number of nitrogens with zero attached hydrogens (tertiary/aromatic N) is 1. The second kappa shape index (κ2) is 6.48. The molecule has 0 bridgehead atoms. The third-order valence-electron chi connectivity index (χ3n) is 7.96. The van der Waals surface area contributed by atoms with Gasteiger partial charge in [-0.3, -0.25) is 0 Å². The molecule has 0 atom stereocenters. The molecule has 0 fully saturated rings. The molecule has 8 rings (SSSR count). The van der Waals surface area contributed by atoms with E-state index in [0.29, 0.717) is 0 Å². The van der Waals surface area contributed by atoms with E-state index in [1.54, 1.807) is 0 Å². The number of aryl methyl sites for hydroxylation is 1. The van der Waals surface area contributed by atoms with Crippen LogP contribution in [0.3, 0.4) is 0 Å². The summed E-state index contributed by atoms with van der Waals surface area (Å²) in [5, 5.41) is 11.0. The summed E-state index contributed by atoms with van der Waals surface area (Å²) >= 11 is 0. The Balaban J connectivity index is 1.79. The highest BCUT2D eigenvalue weighted by Crippen LogP contribution is 2.51. The van der Waals surface area contributed by atoms with Crippen molar-refractivity contribution in [2.75, 3.05) is 0 Å². The molecule has 1 nitrogen and oxygen atoms in total. The Labute approximate surface area is 197 Å². The minimum Gasteiger partial charge on any atom is -0.340 e. The molecule has 160 valence electrons. The first-order chi connectivity index (χ1) is 16.9. The van der Waals surface area contributed by atoms with Crippen molar-refractivity contribution in [1.82, 2.24) is 4.57 Å². The van der Waals surface area contributed by atoms with Crippen molar-refractivity contribution in [2.24, 2.45) is 0 Å². The van der Waals surface area contributed by atoms with Crippen LogP contribution < -0.4 is 0 Å². The maximum atomic E-state index is 2.60. The molecular weight excluding hydrogens is 410 g/mol. The molecule has 1 aliphatic carbocycles. The summed E-state index contributed by atoms with van der Waals surface area (Å²) in [7, 11) is 0. The highest BCUT2D eigenvalue weighted by Gasteiger charge is 2.28. The fourth-order valence-corrected chi connectivity index (χ4v) is 6.68. The number of hydrogen-bond donors (Lipinski definition) is 0. The van der Waals surface area contributed by atoms with Crippen molar-refractivity contribution < 1.29 is 0 Å². The van der Waals surface area contributed by atoms with E-state index in [1.165, 1.54) is 76.4 Å². The number of benzene rings is 6. The maximum absolute atomic E-state index is 2.60. The fraction of sp³-hybridized carbons (Fsp3) is 0.0909. The van der Waals surface area contributed by atoms with Crippen LogP contribution in [0.2, 0.25) is 0 Å². The molecule has 1 heterocycles. The lowest BCUT2D eigenvalue weighted by Gasteiger charge is -2.13. The van der Waals surface area contributed by atoms with Gasteiger partial charge in [-0.1, -0.05) is 97.1 Å². The van der Waals surface area contributed by atoms with Crippen LogP contribution >= 0.6 is 0 Å². The molecule has 0 saturated heterocycles. The first-order valence-electron chi connectivity index (χ1n) is 12.2. The third-order valence-corrected chi connectivity index (χ3v) is 7.96. The lowest BCUT2D eigenvalue weighted by Crippen LogP contribution is -1.97. The second-order valence-corrected chi connectivity index (χ2v) is 9.52. The summed E-state index contributed by atoms with van der Waals surface area (Å²) < 4.78 is 2.60. The summed E-state index contributed by atoms with van der Waals surface area (Å²) in [5.41, 5.74) is 8.54. The van der Waals surface area contributed by atoms with Gasteiger partial charge < -0.3 is 4.57 Å². The molecule has 1 aliphatic rings. The molecule has 1 heteroatoms. The van der Waals surface area contributed by atoms with Gasteiger partial charge in [0, 0.05) is 28.3 Å². The number of aromatic nitrogens is 1. The Morgan fingerprint density at radius 2 is 1.09 bits per heavy atom. The van der Waals surface area contributed by atoms with Crippen LogP contribution in [0.5, 0.6) is 0 Å². The molecule has 7 aromatic rings. The molecular formula is C33H23N. The SMILES string of the molecule is CCn1c2c3c(c4ccccc4c2c2c4ccccc4c4ccccc4c21)Cc1ccccc1-3. The van der Waals surface area contributed by atoms with Crippen molar-refractivity contribution in [3.8, 4) is 11.1 Å². The third kappa shape index (κ3) is 2.11. The maximum Gasteiger partial charge on any atom is 0.0580 e. The van der Waals surface area contributed by atoms with Crippen molar-refractivity contribution in [2.45, 2.75) is 19.9 Å². The van der Waals surface area contributed by atoms with Crippen LogP contribution in [0.4, 0.5) is 0 Å². The minimum atomic E-state index is 0.940. The van der Waals surface area contributed by atoms with Gasteiger partial charge in [0.2, 0.25) is 0 Å². The van der Waals surface area contributed by atoms with Gasteiger partial charge >= 0.3 is 0 Å². The van der Waals surface area contributed by atoms with Gasteiger partial charge in [-0.05, 0) is 57.0 Å². The van der Waals surface area contributed by atoms with E-state index in [1.807, 2.05) is 0 Å². The van der Waals surface area contributed by atoms with E-state index in [0.717, 1.165) is 13.0 Å². The van der Waals surface area contributed by atoms with Crippen LogP contribution in [0, 0.1) is 0 Å². The van der Waals surface area contributed by atoms with Crippen LogP contribution in [-0.2, 0) is 13.0 Å². The quantitative estimate of drug-likeness (QED) is 0.228. The molecule has 6 aromatic carbocycles. The predicted molar refractivity (Wildman–Crippen MR) is 146 cm³/mol. The van der Waals surface area contributed by atoms with Crippen molar-refractivity contribution in [3.05, 3.63) is 108 Å². The molecule has 0 radical (unpaired) electrons. The highest BCUT2D eigenvalue weighted by atomic mass is 15.0. The highest BCUT2D eigenvalue weighted by molar-refractivity contribution is 6.37. The van der Waals surface area contributed by atoms with Gasteiger partial charge in [0.25, 0.3) is 0 Å². The monoisotopic (exact) mass is 433 g/mol. The van der Waals surface area contributed by atoms with E-state index >= 15 is 0 Å². The Morgan fingerprint density at radius 3 is 1.82 bits per heavy atom. The molecule has 0 spiro atoms. The summed E-state index contributed by atoms with van der Waals surface area (Å²) in [6, 6.07) is 36.0. The Hall–Kier alpha value is -4.10. The zero-order valence-corrected chi connectivity index (χ0v) is 19.1. The normalized spacial score (nSPS) is 12.9. The molecule has 0 saturated carbocycles. The second-order valence-electron chi connectivity index (χ2n) is 9.52. The average Bonchev–Trinajstić information content (AvgIpc) is 3.45. The molecule has 0 amide bonds. The Bertz CT molecular complexity index is 1970. The summed E-state index contributed by atoms with van der Waals surface area (Å²) in [6.07, 6.45) is 1.01. The van der Waals surface area contributed by atoms with E-state index < -0.39 is 0 Å². The fourth-order valence-electron chi connectivity index (χ4n) is 6.68. The number of hydrogen-bond acceptors (Lipinski definition) is 0. The van der Waals surface area contributed by atoms with Crippen molar-refractivity contribution in [1.29, 1.82) is 0 Å². The van der Waals surface area contributed by atoms with Crippen LogP contribution in [0.15, 0.2) is 97.1 Å². The smallest absolute Gasteiger partial charge is 0.0580 e. The lowest BCUT2D eigenvalue weighted by molar-refractivity contribution is 0.830. The predicted octanol–water partition coefficient (Wildman–Crippen LogP) is 8.85. The molecule has 34 heavy (non-hydrogen) atoms. The first-order valence-corrected chi connectivity index (χ1v) is 12.2. The minimum absolute atomic E-state index is 0.940. The average molecular weight is 434 g/mol. The van der Waals surface area contributed by atoms with Gasteiger partial charge in [0.15, 0.2) is 0 Å². The standard InChI is InChI=1S/C33H23N/c1-2-34-32-27-18-10-7-14-23(27)22-13-5-8-16-25(22)30(32)31-26-17-9-6-15-24(26)28-19-20-11-3-4-12-21(20)29(28)33(31)34/h3-18H,2,19H2,1H3. The van der Waals surface area contributed by atoms with Gasteiger partial charge in [0.05, 0.1) is 11.0 Å². The van der Waals surface area contributed by atoms with Crippen LogP contribution in [0.1, 0.15) is 18.1 Å². The molecule has 0 N–H and O–H groups in total. The molecule has 0 unspecified atom stereocenters. The zero-order valence-electron chi connectivity index (χ0n) is 19.1. The number of fused-ring (bicyclic) bond motifs is 15. The van der Waals surface area contributed by atoms with E-state index in [2.05, 4.69) is 109 Å². The topological polar surface area (TPSA) is 4.93 Å². The van der Waals surface area contributed by atoms with Gasteiger partial charge in [-0.25, -0.2) is 0 Å². The van der Waals surface area contributed by atoms with E-state index in [-0.39, 0.29) is 0 Å². The summed E-state index contributed by atoms with van der Waals surface area (Å²) in [6.45, 7) is 3.24. The van der Waals surface area contributed by atoms with Crippen molar-refractivity contribution in [3.63, 3.8) is 0 Å². The lowest BCUT2D eigenvalue weighted by atomic mass is 9.92. The van der Waals surface area contributed by atoms with Gasteiger partial charge in [-0.2, -0.15) is 0 Å². The molecule has 0 aliphatic heterocycles. The summed E-state index contributed by atoms with van der Waals surface area (Å²) in [4.78, 5) is 0. The largest absolute Gasteiger partial charge is 0.340 e. The van der Waals surface area contributed by atoms with E-state index in [4.69, 9.17) is 0 Å². The Kier molecular flexibility index (Phi) is 3.50.